The first kappa shape index (κ1) is 22.9. The number of hydrogen-bond donors (Lipinski definition) is 2. The van der Waals surface area contributed by atoms with Crippen LogP contribution in [0.4, 0.5) is 5.69 Å². The Labute approximate surface area is 182 Å². The van der Waals surface area contributed by atoms with Crippen molar-refractivity contribution in [1.29, 1.82) is 0 Å². The zero-order chi connectivity index (χ0) is 21.0. The first-order valence-corrected chi connectivity index (χ1v) is 11.9. The lowest BCUT2D eigenvalue weighted by Gasteiger charge is -2.38. The number of aryl methyl sites for hydroxylation is 1. The van der Waals surface area contributed by atoms with Gasteiger partial charge in [-0.25, -0.2) is 0 Å². The van der Waals surface area contributed by atoms with Crippen LogP contribution < -0.4 is 9.80 Å². The molecule has 1 saturated carbocycles. The van der Waals surface area contributed by atoms with Gasteiger partial charge in [-0.3, -0.25) is 0 Å². The van der Waals surface area contributed by atoms with Crippen LogP contribution in [0, 0.1) is 24.7 Å². The third kappa shape index (κ3) is 6.33. The van der Waals surface area contributed by atoms with Crippen LogP contribution in [0.15, 0.2) is 18.2 Å². The predicted molar refractivity (Wildman–Crippen MR) is 121 cm³/mol. The Morgan fingerprint density at radius 2 is 1.97 bits per heavy atom. The second-order valence-electron chi connectivity index (χ2n) is 9.72. The van der Waals surface area contributed by atoms with E-state index in [1.165, 1.54) is 29.0 Å². The Hall–Kier alpha value is -0.810. The second kappa shape index (κ2) is 10.5. The fraction of sp³-hybridized carbons (Fsp3) is 0.750. The number of quaternary nitrogens is 1. The summed E-state index contributed by atoms with van der Waals surface area (Å²) in [5, 5.41) is 11.4. The topological polar surface area (TPSA) is 37.1 Å². The van der Waals surface area contributed by atoms with Gasteiger partial charge in [-0.1, -0.05) is 44.9 Å². The zero-order valence-corrected chi connectivity index (χ0v) is 19.4. The van der Waals surface area contributed by atoms with Gasteiger partial charge >= 0.3 is 0 Å². The van der Waals surface area contributed by atoms with Gasteiger partial charge in [-0.15, -0.1) is 0 Å². The number of nitrogens with one attached hydrogen (secondary N) is 1. The van der Waals surface area contributed by atoms with Gasteiger partial charge in [0.25, 0.3) is 0 Å². The van der Waals surface area contributed by atoms with Crippen LogP contribution in [-0.2, 0) is 4.74 Å². The summed E-state index contributed by atoms with van der Waals surface area (Å²) in [6.07, 6.45) is 3.64. The Balaban J connectivity index is 1.43. The highest BCUT2D eigenvalue weighted by Gasteiger charge is 2.32. The molecule has 0 spiro atoms. The molecular weight excluding hydrogens is 384 g/mol. The van der Waals surface area contributed by atoms with E-state index in [1.807, 2.05) is 6.07 Å². The molecule has 4 atom stereocenters. The average molecular weight is 424 g/mol. The molecule has 1 saturated heterocycles. The van der Waals surface area contributed by atoms with Crippen LogP contribution in [0.25, 0.3) is 0 Å². The van der Waals surface area contributed by atoms with Gasteiger partial charge in [0.15, 0.2) is 0 Å². The molecule has 164 valence electrons. The van der Waals surface area contributed by atoms with Gasteiger partial charge in [-0.2, -0.15) is 0 Å². The van der Waals surface area contributed by atoms with E-state index in [1.54, 1.807) is 0 Å². The van der Waals surface area contributed by atoms with E-state index >= 15 is 0 Å². The first-order chi connectivity index (χ1) is 13.8. The number of aliphatic hydroxyl groups is 1. The average Bonchev–Trinajstić information content (AvgIpc) is 2.69. The molecule has 1 heterocycles. The maximum Gasteiger partial charge on any atom is 0.126 e. The summed E-state index contributed by atoms with van der Waals surface area (Å²) >= 11 is 6.19. The van der Waals surface area contributed by atoms with Crippen molar-refractivity contribution in [3.05, 3.63) is 28.8 Å². The predicted octanol–water partition coefficient (Wildman–Crippen LogP) is 3.19. The lowest BCUT2D eigenvalue weighted by Crippen LogP contribution is -3.16. The van der Waals surface area contributed by atoms with Crippen molar-refractivity contribution in [2.75, 3.05) is 44.2 Å². The summed E-state index contributed by atoms with van der Waals surface area (Å²) in [5.74, 6) is 2.02. The van der Waals surface area contributed by atoms with E-state index in [-0.39, 0.29) is 6.10 Å². The van der Waals surface area contributed by atoms with Crippen molar-refractivity contribution in [2.45, 2.75) is 59.2 Å². The van der Waals surface area contributed by atoms with Gasteiger partial charge < -0.3 is 19.6 Å². The lowest BCUT2D eigenvalue weighted by molar-refractivity contribution is -0.903. The van der Waals surface area contributed by atoms with Crippen LogP contribution in [0.5, 0.6) is 0 Å². The molecule has 0 aromatic heterocycles. The van der Waals surface area contributed by atoms with Crippen molar-refractivity contribution >= 4 is 17.3 Å². The largest absolute Gasteiger partial charge is 0.385 e. The van der Waals surface area contributed by atoms with Crippen molar-refractivity contribution in [1.82, 2.24) is 0 Å². The lowest BCUT2D eigenvalue weighted by atomic mass is 9.75. The molecule has 1 aliphatic carbocycles. The summed E-state index contributed by atoms with van der Waals surface area (Å²) < 4.78 is 6.26. The number of anilines is 1. The Kier molecular flexibility index (Phi) is 8.26. The van der Waals surface area contributed by atoms with E-state index in [4.69, 9.17) is 16.3 Å². The Morgan fingerprint density at radius 1 is 1.24 bits per heavy atom. The Morgan fingerprint density at radius 3 is 2.66 bits per heavy atom. The van der Waals surface area contributed by atoms with Crippen LogP contribution >= 0.6 is 11.6 Å². The minimum Gasteiger partial charge on any atom is -0.385 e. The van der Waals surface area contributed by atoms with Gasteiger partial charge in [-0.05, 0) is 55.2 Å². The molecule has 5 heteroatoms. The smallest absolute Gasteiger partial charge is 0.126 e. The molecule has 0 unspecified atom stereocenters. The minimum atomic E-state index is -0.380. The zero-order valence-electron chi connectivity index (χ0n) is 18.7. The number of nitrogens with zero attached hydrogens (tertiary/aromatic N) is 1. The number of ether oxygens (including phenoxy) is 1. The molecule has 29 heavy (non-hydrogen) atoms. The normalized spacial score (nSPS) is 27.4. The highest BCUT2D eigenvalue weighted by molar-refractivity contribution is 6.30. The molecule has 1 aromatic carbocycles. The van der Waals surface area contributed by atoms with Gasteiger partial charge in [0, 0.05) is 10.7 Å². The fourth-order valence-electron chi connectivity index (χ4n) is 5.12. The molecule has 2 fully saturated rings. The van der Waals surface area contributed by atoms with Crippen LogP contribution in [0.1, 0.15) is 45.6 Å². The van der Waals surface area contributed by atoms with Gasteiger partial charge in [0.2, 0.25) is 0 Å². The third-order valence-corrected chi connectivity index (χ3v) is 7.21. The second-order valence-corrected chi connectivity index (χ2v) is 10.2. The molecule has 1 aromatic rings. The van der Waals surface area contributed by atoms with Crippen LogP contribution in [-0.4, -0.2) is 56.6 Å². The van der Waals surface area contributed by atoms with Crippen LogP contribution in [0.2, 0.25) is 5.02 Å². The highest BCUT2D eigenvalue weighted by Crippen LogP contribution is 2.35. The summed E-state index contributed by atoms with van der Waals surface area (Å²) in [6, 6.07) is 6.12. The maximum absolute atomic E-state index is 10.6. The summed E-state index contributed by atoms with van der Waals surface area (Å²) in [5.41, 5.74) is 2.51. The minimum absolute atomic E-state index is 0.311. The molecule has 4 nitrogen and oxygen atoms in total. The van der Waals surface area contributed by atoms with Gasteiger partial charge in [0.1, 0.15) is 12.6 Å². The molecule has 1 aliphatic heterocycles. The van der Waals surface area contributed by atoms with Crippen molar-refractivity contribution < 1.29 is 14.7 Å². The molecule has 2 aliphatic rings. The number of rotatable bonds is 7. The quantitative estimate of drug-likeness (QED) is 0.707. The summed E-state index contributed by atoms with van der Waals surface area (Å²) in [4.78, 5) is 3.89. The molecule has 0 radical (unpaired) electrons. The third-order valence-electron chi connectivity index (χ3n) is 6.97. The molecule has 2 N–H and O–H groups in total. The molecule has 0 bridgehead atoms. The van der Waals surface area contributed by atoms with E-state index in [0.29, 0.717) is 24.5 Å². The van der Waals surface area contributed by atoms with Crippen molar-refractivity contribution in [3.63, 3.8) is 0 Å². The highest BCUT2D eigenvalue weighted by atomic mass is 35.5. The van der Waals surface area contributed by atoms with E-state index in [2.05, 4.69) is 44.7 Å². The number of piperazine rings is 1. The SMILES string of the molecule is Cc1ccc(Cl)cc1N1CC[NH+](C[C@H](O)CO[C@@H]2C[C@H](C)CC[C@@H]2C(C)C)CC1. The van der Waals surface area contributed by atoms with E-state index in [9.17, 15) is 5.11 Å². The van der Waals surface area contributed by atoms with Crippen molar-refractivity contribution in [3.8, 4) is 0 Å². The van der Waals surface area contributed by atoms with E-state index in [0.717, 1.165) is 50.1 Å². The monoisotopic (exact) mass is 423 g/mol. The fourth-order valence-corrected chi connectivity index (χ4v) is 5.29. The molecular formula is C24H40ClN2O2+. The number of aliphatic hydroxyl groups excluding tert-OH is 1. The van der Waals surface area contributed by atoms with Crippen LogP contribution in [0.3, 0.4) is 0 Å². The van der Waals surface area contributed by atoms with Crippen molar-refractivity contribution in [2.24, 2.45) is 17.8 Å². The number of benzene rings is 1. The number of halogens is 1. The summed E-state index contributed by atoms with van der Waals surface area (Å²) in [6.45, 7) is 14.4. The molecule has 0 amide bonds. The maximum atomic E-state index is 10.6. The Bertz CT molecular complexity index is 646. The standard InChI is InChI=1S/C24H39ClN2O2/c1-17(2)22-8-5-18(3)13-24(22)29-16-21(28)15-26-9-11-27(12-10-26)23-14-20(25)7-6-19(23)4/h6-7,14,17-18,21-22,24,28H,5,8-13,15-16H2,1-4H3/p+1/t18-,21+,22-,24-/m1/s1. The van der Waals surface area contributed by atoms with Gasteiger partial charge in [0.05, 0.1) is 38.9 Å². The number of hydrogen-bond acceptors (Lipinski definition) is 3. The summed E-state index contributed by atoms with van der Waals surface area (Å²) in [7, 11) is 0. The first-order valence-electron chi connectivity index (χ1n) is 11.5. The van der Waals surface area contributed by atoms with E-state index < -0.39 is 0 Å². The molecule has 3 rings (SSSR count).